The van der Waals surface area contributed by atoms with Crippen LogP contribution in [0.1, 0.15) is 18.2 Å². The summed E-state index contributed by atoms with van der Waals surface area (Å²) in [5.41, 5.74) is 4.85. The number of imidazole rings is 1. The molecule has 0 aliphatic rings. The first-order valence-corrected chi connectivity index (χ1v) is 7.86. The molecule has 0 fully saturated rings. The van der Waals surface area contributed by atoms with Gasteiger partial charge in [-0.15, -0.1) is 0 Å². The molecule has 7 nitrogen and oxygen atoms in total. The zero-order chi connectivity index (χ0) is 17.5. The second-order valence-electron chi connectivity index (χ2n) is 5.15. The fourth-order valence-electron chi connectivity index (χ4n) is 2.19. The largest absolute Gasteiger partial charge is 0.487 e. The summed E-state index contributed by atoms with van der Waals surface area (Å²) in [5.74, 6) is 0.729. The SMILES string of the molecule is CCOC(=O)NN=Cc1ccc(OCc2cn3ccccc3n2)cc1. The highest BCUT2D eigenvalue weighted by Gasteiger charge is 2.02. The predicted molar refractivity (Wildman–Crippen MR) is 93.7 cm³/mol. The number of benzene rings is 1. The first kappa shape index (κ1) is 16.5. The summed E-state index contributed by atoms with van der Waals surface area (Å²) in [6, 6.07) is 13.2. The van der Waals surface area contributed by atoms with Gasteiger partial charge in [0.1, 0.15) is 18.0 Å². The van der Waals surface area contributed by atoms with Crippen molar-refractivity contribution in [2.24, 2.45) is 5.10 Å². The van der Waals surface area contributed by atoms with Crippen molar-refractivity contribution in [3.8, 4) is 5.75 Å². The van der Waals surface area contributed by atoms with Crippen molar-refractivity contribution in [3.05, 3.63) is 66.1 Å². The Labute approximate surface area is 144 Å². The maximum absolute atomic E-state index is 11.1. The molecule has 1 aromatic carbocycles. The van der Waals surface area contributed by atoms with Crippen molar-refractivity contribution in [1.29, 1.82) is 0 Å². The van der Waals surface area contributed by atoms with Crippen LogP contribution in [0.3, 0.4) is 0 Å². The summed E-state index contributed by atoms with van der Waals surface area (Å²) >= 11 is 0. The number of pyridine rings is 1. The van der Waals surface area contributed by atoms with Crippen molar-refractivity contribution in [2.45, 2.75) is 13.5 Å². The standard InChI is InChI=1S/C18H18N4O3/c1-2-24-18(23)21-19-11-14-6-8-16(9-7-14)25-13-15-12-22-10-4-3-5-17(22)20-15/h3-12H,2,13H2,1H3,(H,21,23). The molecule has 0 spiro atoms. The molecule has 2 aromatic heterocycles. The molecule has 0 saturated carbocycles. The molecular formula is C18H18N4O3. The highest BCUT2D eigenvalue weighted by atomic mass is 16.5. The molecule has 3 rings (SSSR count). The van der Waals surface area contributed by atoms with E-state index in [-0.39, 0.29) is 0 Å². The maximum atomic E-state index is 11.1. The lowest BCUT2D eigenvalue weighted by atomic mass is 10.2. The van der Waals surface area contributed by atoms with E-state index in [9.17, 15) is 4.79 Å². The Hall–Kier alpha value is -3.35. The van der Waals surface area contributed by atoms with Crippen LogP contribution in [0.4, 0.5) is 4.79 Å². The Morgan fingerprint density at radius 3 is 2.88 bits per heavy atom. The van der Waals surface area contributed by atoms with Crippen LogP contribution in [0.15, 0.2) is 60.0 Å². The van der Waals surface area contributed by atoms with Crippen LogP contribution in [0.2, 0.25) is 0 Å². The maximum Gasteiger partial charge on any atom is 0.427 e. The molecule has 7 heteroatoms. The van der Waals surface area contributed by atoms with Gasteiger partial charge in [-0.1, -0.05) is 6.07 Å². The number of nitrogens with one attached hydrogen (secondary N) is 1. The van der Waals surface area contributed by atoms with Crippen LogP contribution >= 0.6 is 0 Å². The third-order valence-electron chi connectivity index (χ3n) is 3.33. The van der Waals surface area contributed by atoms with Crippen LogP contribution in [-0.2, 0) is 11.3 Å². The van der Waals surface area contributed by atoms with E-state index < -0.39 is 6.09 Å². The number of hydrazone groups is 1. The average molecular weight is 338 g/mol. The molecule has 1 N–H and O–H groups in total. The zero-order valence-corrected chi connectivity index (χ0v) is 13.8. The number of rotatable bonds is 6. The number of ether oxygens (including phenoxy) is 2. The van der Waals surface area contributed by atoms with Gasteiger partial charge in [0.25, 0.3) is 0 Å². The van der Waals surface area contributed by atoms with E-state index in [0.29, 0.717) is 13.2 Å². The van der Waals surface area contributed by atoms with Gasteiger partial charge >= 0.3 is 6.09 Å². The van der Waals surface area contributed by atoms with Gasteiger partial charge < -0.3 is 13.9 Å². The third-order valence-corrected chi connectivity index (χ3v) is 3.33. The van der Waals surface area contributed by atoms with Crippen molar-refractivity contribution in [2.75, 3.05) is 6.61 Å². The highest BCUT2D eigenvalue weighted by molar-refractivity contribution is 5.81. The molecule has 0 radical (unpaired) electrons. The van der Waals surface area contributed by atoms with Gasteiger partial charge in [-0.25, -0.2) is 15.2 Å². The first-order valence-electron chi connectivity index (χ1n) is 7.86. The molecule has 2 heterocycles. The van der Waals surface area contributed by atoms with Gasteiger partial charge in [-0.05, 0) is 48.9 Å². The third kappa shape index (κ3) is 4.57. The molecule has 128 valence electrons. The lowest BCUT2D eigenvalue weighted by Crippen LogP contribution is -2.18. The molecule has 0 aliphatic heterocycles. The molecular weight excluding hydrogens is 320 g/mol. The minimum Gasteiger partial charge on any atom is -0.487 e. The monoisotopic (exact) mass is 338 g/mol. The number of aromatic nitrogens is 2. The molecule has 0 unspecified atom stereocenters. The quantitative estimate of drug-likeness (QED) is 0.554. The van der Waals surface area contributed by atoms with E-state index in [1.54, 1.807) is 6.92 Å². The van der Waals surface area contributed by atoms with Crippen LogP contribution < -0.4 is 10.2 Å². The van der Waals surface area contributed by atoms with E-state index in [4.69, 9.17) is 9.47 Å². The molecule has 0 aliphatic carbocycles. The Kier molecular flexibility index (Phi) is 5.26. The molecule has 0 saturated heterocycles. The lowest BCUT2D eigenvalue weighted by Gasteiger charge is -2.04. The molecule has 1 amide bonds. The number of carbonyl (C=O) groups is 1. The molecule has 0 bridgehead atoms. The number of nitrogens with zero attached hydrogens (tertiary/aromatic N) is 3. The Morgan fingerprint density at radius 2 is 2.12 bits per heavy atom. The highest BCUT2D eigenvalue weighted by Crippen LogP contribution is 2.14. The molecule has 0 atom stereocenters. The Balaban J connectivity index is 1.53. The van der Waals surface area contributed by atoms with Crippen LogP contribution in [0, 0.1) is 0 Å². The summed E-state index contributed by atoms with van der Waals surface area (Å²) in [6.45, 7) is 2.42. The zero-order valence-electron chi connectivity index (χ0n) is 13.8. The summed E-state index contributed by atoms with van der Waals surface area (Å²) in [6.07, 6.45) is 4.84. The van der Waals surface area contributed by atoms with Crippen LogP contribution in [0.25, 0.3) is 5.65 Å². The first-order chi connectivity index (χ1) is 12.2. The topological polar surface area (TPSA) is 77.2 Å². The van der Waals surface area contributed by atoms with Crippen molar-refractivity contribution in [3.63, 3.8) is 0 Å². The molecule has 3 aromatic rings. The van der Waals surface area contributed by atoms with E-state index in [2.05, 4.69) is 15.5 Å². The fraction of sp³-hybridized carbons (Fsp3) is 0.167. The van der Waals surface area contributed by atoms with Gasteiger partial charge in [0.2, 0.25) is 0 Å². The van der Waals surface area contributed by atoms with Gasteiger partial charge in [0.05, 0.1) is 18.5 Å². The van der Waals surface area contributed by atoms with E-state index in [0.717, 1.165) is 22.7 Å². The van der Waals surface area contributed by atoms with E-state index in [1.165, 1.54) is 6.21 Å². The second-order valence-corrected chi connectivity index (χ2v) is 5.15. The van der Waals surface area contributed by atoms with Crippen molar-refractivity contribution >= 4 is 18.0 Å². The Morgan fingerprint density at radius 1 is 1.28 bits per heavy atom. The minimum atomic E-state index is -0.578. The predicted octanol–water partition coefficient (Wildman–Crippen LogP) is 2.99. The second kappa shape index (κ2) is 7.96. The summed E-state index contributed by atoms with van der Waals surface area (Å²) in [7, 11) is 0. The summed E-state index contributed by atoms with van der Waals surface area (Å²) in [5, 5.41) is 3.80. The normalized spacial score (nSPS) is 10.9. The number of fused-ring (bicyclic) bond motifs is 1. The van der Waals surface area contributed by atoms with Crippen molar-refractivity contribution < 1.29 is 14.3 Å². The number of hydrogen-bond acceptors (Lipinski definition) is 5. The summed E-state index contributed by atoms with van der Waals surface area (Å²) < 4.78 is 12.4. The molecule has 25 heavy (non-hydrogen) atoms. The lowest BCUT2D eigenvalue weighted by molar-refractivity contribution is 0.152. The van der Waals surface area contributed by atoms with Crippen LogP contribution in [0.5, 0.6) is 5.75 Å². The van der Waals surface area contributed by atoms with Gasteiger partial charge in [0.15, 0.2) is 0 Å². The summed E-state index contributed by atoms with van der Waals surface area (Å²) in [4.78, 5) is 15.6. The van der Waals surface area contributed by atoms with E-state index >= 15 is 0 Å². The Bertz CT molecular complexity index is 838. The number of amides is 1. The van der Waals surface area contributed by atoms with E-state index in [1.807, 2.05) is 59.3 Å². The minimum absolute atomic E-state index is 0.305. The average Bonchev–Trinajstić information content (AvgIpc) is 3.04. The number of carbonyl (C=O) groups excluding carboxylic acids is 1. The smallest absolute Gasteiger partial charge is 0.427 e. The van der Waals surface area contributed by atoms with Gasteiger partial charge in [0, 0.05) is 12.4 Å². The van der Waals surface area contributed by atoms with Gasteiger partial charge in [-0.3, -0.25) is 0 Å². The van der Waals surface area contributed by atoms with Crippen molar-refractivity contribution in [1.82, 2.24) is 14.8 Å². The van der Waals surface area contributed by atoms with Gasteiger partial charge in [-0.2, -0.15) is 5.10 Å². The fourth-order valence-corrected chi connectivity index (χ4v) is 2.19. The number of hydrogen-bond donors (Lipinski definition) is 1. The van der Waals surface area contributed by atoms with Crippen LogP contribution in [-0.4, -0.2) is 28.3 Å².